The van der Waals surface area contributed by atoms with Gasteiger partial charge in [-0.3, -0.25) is 0 Å². The van der Waals surface area contributed by atoms with Crippen molar-refractivity contribution in [3.63, 3.8) is 0 Å². The van der Waals surface area contributed by atoms with Gasteiger partial charge in [0.25, 0.3) is 0 Å². The highest BCUT2D eigenvalue weighted by Gasteiger charge is 2.03. The molecule has 0 radical (unpaired) electrons. The molecule has 0 saturated heterocycles. The summed E-state index contributed by atoms with van der Waals surface area (Å²) in [7, 11) is 0. The van der Waals surface area contributed by atoms with Crippen molar-refractivity contribution >= 4 is 6.03 Å². The number of benzene rings is 2. The minimum absolute atomic E-state index is 0.253. The average Bonchev–Trinajstić information content (AvgIpc) is 2.48. The van der Waals surface area contributed by atoms with Crippen LogP contribution in [0.4, 0.5) is 13.6 Å². The van der Waals surface area contributed by atoms with Gasteiger partial charge in [-0.15, -0.1) is 0 Å². The van der Waals surface area contributed by atoms with Crippen LogP contribution in [-0.4, -0.2) is 12.6 Å². The van der Waals surface area contributed by atoms with E-state index in [1.807, 2.05) is 0 Å². The Hall–Kier alpha value is -2.43. The first-order valence-corrected chi connectivity index (χ1v) is 7.06. The summed E-state index contributed by atoms with van der Waals surface area (Å²) in [6.07, 6.45) is 0.546. The Morgan fingerprint density at radius 2 is 1.86 bits per heavy atom. The Morgan fingerprint density at radius 1 is 1.05 bits per heavy atom. The summed E-state index contributed by atoms with van der Waals surface area (Å²) in [4.78, 5) is 11.6. The Balaban J connectivity index is 1.72. The summed E-state index contributed by atoms with van der Waals surface area (Å²) in [5.74, 6) is -0.575. The summed E-state index contributed by atoms with van der Waals surface area (Å²) in [5.41, 5.74) is 2.09. The lowest BCUT2D eigenvalue weighted by Gasteiger charge is -2.08. The van der Waals surface area contributed by atoms with Crippen molar-refractivity contribution in [2.24, 2.45) is 0 Å². The van der Waals surface area contributed by atoms with Gasteiger partial charge in [0, 0.05) is 13.1 Å². The van der Waals surface area contributed by atoms with Gasteiger partial charge in [0.1, 0.15) is 11.6 Å². The predicted molar refractivity (Wildman–Crippen MR) is 81.5 cm³/mol. The second kappa shape index (κ2) is 7.54. The maximum atomic E-state index is 13.4. The molecule has 2 N–H and O–H groups in total. The first-order chi connectivity index (χ1) is 10.5. The molecule has 2 rings (SSSR count). The molecule has 0 bridgehead atoms. The largest absolute Gasteiger partial charge is 0.338 e. The number of hydrogen-bond donors (Lipinski definition) is 2. The lowest BCUT2D eigenvalue weighted by Crippen LogP contribution is -2.36. The zero-order valence-electron chi connectivity index (χ0n) is 12.3. The van der Waals surface area contributed by atoms with Gasteiger partial charge in [0.15, 0.2) is 0 Å². The third-order valence-corrected chi connectivity index (χ3v) is 3.28. The van der Waals surface area contributed by atoms with E-state index in [0.717, 1.165) is 5.56 Å². The molecule has 0 fully saturated rings. The smallest absolute Gasteiger partial charge is 0.315 e. The molecule has 3 nitrogen and oxygen atoms in total. The van der Waals surface area contributed by atoms with Crippen molar-refractivity contribution in [2.75, 3.05) is 6.54 Å². The van der Waals surface area contributed by atoms with E-state index in [0.29, 0.717) is 24.1 Å². The summed E-state index contributed by atoms with van der Waals surface area (Å²) >= 11 is 0. The summed E-state index contributed by atoms with van der Waals surface area (Å²) in [5, 5.41) is 5.33. The minimum atomic E-state index is -0.336. The van der Waals surface area contributed by atoms with Gasteiger partial charge in [0.2, 0.25) is 0 Å². The van der Waals surface area contributed by atoms with E-state index < -0.39 is 0 Å². The molecule has 0 aliphatic carbocycles. The second-order valence-electron chi connectivity index (χ2n) is 5.07. The van der Waals surface area contributed by atoms with Crippen molar-refractivity contribution in [1.82, 2.24) is 10.6 Å². The zero-order chi connectivity index (χ0) is 15.9. The highest BCUT2D eigenvalue weighted by Crippen LogP contribution is 2.08. The normalized spacial score (nSPS) is 10.3. The van der Waals surface area contributed by atoms with E-state index in [9.17, 15) is 13.6 Å². The van der Waals surface area contributed by atoms with Crippen molar-refractivity contribution in [2.45, 2.75) is 19.9 Å². The third kappa shape index (κ3) is 4.84. The molecule has 0 aromatic heterocycles. The van der Waals surface area contributed by atoms with Crippen LogP contribution in [0.5, 0.6) is 0 Å². The molecule has 0 heterocycles. The number of rotatable bonds is 5. The average molecular weight is 304 g/mol. The van der Waals surface area contributed by atoms with Gasteiger partial charge in [-0.2, -0.15) is 0 Å². The van der Waals surface area contributed by atoms with E-state index in [4.69, 9.17) is 0 Å². The van der Waals surface area contributed by atoms with Gasteiger partial charge < -0.3 is 10.6 Å². The molecule has 2 amide bonds. The quantitative estimate of drug-likeness (QED) is 0.874. The maximum Gasteiger partial charge on any atom is 0.315 e. The highest BCUT2D eigenvalue weighted by atomic mass is 19.1. The lowest BCUT2D eigenvalue weighted by atomic mass is 10.1. The third-order valence-electron chi connectivity index (χ3n) is 3.28. The Morgan fingerprint density at radius 3 is 2.59 bits per heavy atom. The van der Waals surface area contributed by atoms with Crippen molar-refractivity contribution < 1.29 is 13.6 Å². The molecular formula is C17H18F2N2O. The van der Waals surface area contributed by atoms with Gasteiger partial charge >= 0.3 is 6.03 Å². The first kappa shape index (κ1) is 15.9. The molecular weight excluding hydrogens is 286 g/mol. The van der Waals surface area contributed by atoms with E-state index in [1.54, 1.807) is 31.2 Å². The van der Waals surface area contributed by atoms with E-state index >= 15 is 0 Å². The molecule has 5 heteroatoms. The lowest BCUT2D eigenvalue weighted by molar-refractivity contribution is 0.240. The fourth-order valence-corrected chi connectivity index (χ4v) is 2.00. The molecule has 116 valence electrons. The standard InChI is InChI=1S/C17H18F2N2O/c1-12-5-6-14(10-16(12)19)11-21-17(22)20-8-7-13-3-2-4-15(18)9-13/h2-6,9-10H,7-8,11H2,1H3,(H2,20,21,22). The van der Waals surface area contributed by atoms with E-state index in [2.05, 4.69) is 10.6 Å². The van der Waals surface area contributed by atoms with Crippen LogP contribution in [0.25, 0.3) is 0 Å². The van der Waals surface area contributed by atoms with Crippen LogP contribution in [0, 0.1) is 18.6 Å². The first-order valence-electron chi connectivity index (χ1n) is 7.06. The van der Waals surface area contributed by atoms with Gasteiger partial charge in [0.05, 0.1) is 0 Å². The molecule has 0 aliphatic heterocycles. The Kier molecular flexibility index (Phi) is 5.47. The number of amides is 2. The molecule has 0 unspecified atom stereocenters. The van der Waals surface area contributed by atoms with Crippen molar-refractivity contribution in [3.05, 3.63) is 70.8 Å². The van der Waals surface area contributed by atoms with Crippen LogP contribution in [0.15, 0.2) is 42.5 Å². The Bertz CT molecular complexity index is 659. The number of hydrogen-bond acceptors (Lipinski definition) is 1. The predicted octanol–water partition coefficient (Wildman–Crippen LogP) is 3.32. The second-order valence-corrected chi connectivity index (χ2v) is 5.07. The molecule has 0 aliphatic rings. The molecule has 0 spiro atoms. The van der Waals surface area contributed by atoms with Gasteiger partial charge in [-0.1, -0.05) is 24.3 Å². The van der Waals surface area contributed by atoms with Crippen LogP contribution >= 0.6 is 0 Å². The minimum Gasteiger partial charge on any atom is -0.338 e. The summed E-state index contributed by atoms with van der Waals surface area (Å²) < 4.78 is 26.4. The number of aryl methyl sites for hydroxylation is 1. The summed E-state index contributed by atoms with van der Waals surface area (Å²) in [6.45, 7) is 2.34. The van der Waals surface area contributed by atoms with Crippen LogP contribution in [-0.2, 0) is 13.0 Å². The van der Waals surface area contributed by atoms with Crippen molar-refractivity contribution in [3.8, 4) is 0 Å². The molecule has 0 atom stereocenters. The van der Waals surface area contributed by atoms with Crippen LogP contribution < -0.4 is 10.6 Å². The number of carbonyl (C=O) groups is 1. The maximum absolute atomic E-state index is 13.4. The number of halogens is 2. The number of nitrogens with one attached hydrogen (secondary N) is 2. The Labute approximate surface area is 128 Å². The molecule has 2 aromatic carbocycles. The zero-order valence-corrected chi connectivity index (χ0v) is 12.3. The molecule has 22 heavy (non-hydrogen) atoms. The number of urea groups is 1. The fraction of sp³-hybridized carbons (Fsp3) is 0.235. The number of carbonyl (C=O) groups excluding carboxylic acids is 1. The van der Waals surface area contributed by atoms with E-state index in [-0.39, 0.29) is 24.2 Å². The van der Waals surface area contributed by atoms with Gasteiger partial charge in [-0.25, -0.2) is 13.6 Å². The van der Waals surface area contributed by atoms with Crippen LogP contribution in [0.1, 0.15) is 16.7 Å². The SMILES string of the molecule is Cc1ccc(CNC(=O)NCCc2cccc(F)c2)cc1F. The highest BCUT2D eigenvalue weighted by molar-refractivity contribution is 5.73. The van der Waals surface area contributed by atoms with Crippen LogP contribution in [0.2, 0.25) is 0 Å². The summed E-state index contributed by atoms with van der Waals surface area (Å²) in [6, 6.07) is 10.8. The fourth-order valence-electron chi connectivity index (χ4n) is 2.00. The molecule has 2 aromatic rings. The topological polar surface area (TPSA) is 41.1 Å². The molecule has 0 saturated carbocycles. The van der Waals surface area contributed by atoms with Crippen LogP contribution in [0.3, 0.4) is 0 Å². The monoisotopic (exact) mass is 304 g/mol. The van der Waals surface area contributed by atoms with Gasteiger partial charge in [-0.05, 0) is 48.2 Å². The van der Waals surface area contributed by atoms with Crippen molar-refractivity contribution in [1.29, 1.82) is 0 Å². The van der Waals surface area contributed by atoms with E-state index in [1.165, 1.54) is 18.2 Å².